The molecule has 0 aliphatic carbocycles. The number of para-hydroxylation sites is 1. The third kappa shape index (κ3) is 5.01. The van der Waals surface area contributed by atoms with Crippen molar-refractivity contribution in [3.63, 3.8) is 0 Å². The van der Waals surface area contributed by atoms with Gasteiger partial charge in [-0.2, -0.15) is 5.10 Å². The molecule has 1 atom stereocenters. The SMILES string of the molecule is CCCC(C)C=NNC(=O)c1cc(-c2ccc(CC)cc2)nc2c(Cl)cccc12. The van der Waals surface area contributed by atoms with Gasteiger partial charge in [0, 0.05) is 17.2 Å². The van der Waals surface area contributed by atoms with Crippen molar-refractivity contribution in [3.05, 3.63) is 64.7 Å². The molecule has 3 aromatic rings. The normalized spacial score (nSPS) is 12.4. The molecule has 0 aliphatic heterocycles. The van der Waals surface area contributed by atoms with E-state index < -0.39 is 0 Å². The van der Waals surface area contributed by atoms with Crippen LogP contribution in [0.15, 0.2) is 53.6 Å². The Morgan fingerprint density at radius 3 is 2.66 bits per heavy atom. The summed E-state index contributed by atoms with van der Waals surface area (Å²) >= 11 is 6.40. The van der Waals surface area contributed by atoms with E-state index in [1.165, 1.54) is 5.56 Å². The molecule has 0 fully saturated rings. The molecule has 2 aromatic carbocycles. The van der Waals surface area contributed by atoms with Gasteiger partial charge in [-0.15, -0.1) is 0 Å². The second-order valence-corrected chi connectivity index (χ2v) is 7.63. The van der Waals surface area contributed by atoms with E-state index in [-0.39, 0.29) is 5.91 Å². The number of pyridine rings is 1. The summed E-state index contributed by atoms with van der Waals surface area (Å²) in [6.45, 7) is 6.33. The van der Waals surface area contributed by atoms with E-state index in [9.17, 15) is 4.79 Å². The Balaban J connectivity index is 2.00. The van der Waals surface area contributed by atoms with E-state index in [1.54, 1.807) is 18.3 Å². The first kappa shape index (κ1) is 21.0. The molecule has 0 radical (unpaired) electrons. The Bertz CT molecular complexity index is 1030. The van der Waals surface area contributed by atoms with E-state index >= 15 is 0 Å². The largest absolute Gasteiger partial charge is 0.272 e. The average molecular weight is 408 g/mol. The number of hydrazone groups is 1. The molecule has 0 spiro atoms. The molecule has 1 heterocycles. The summed E-state index contributed by atoms with van der Waals surface area (Å²) in [5.41, 5.74) is 6.68. The van der Waals surface area contributed by atoms with Gasteiger partial charge in [-0.1, -0.05) is 75.2 Å². The van der Waals surface area contributed by atoms with Gasteiger partial charge in [0.1, 0.15) is 0 Å². The highest BCUT2D eigenvalue weighted by molar-refractivity contribution is 6.35. The molecule has 1 N–H and O–H groups in total. The number of nitrogens with zero attached hydrogens (tertiary/aromatic N) is 2. The Kier molecular flexibility index (Phi) is 6.99. The summed E-state index contributed by atoms with van der Waals surface area (Å²) in [4.78, 5) is 17.6. The van der Waals surface area contributed by atoms with Crippen LogP contribution in [0.2, 0.25) is 5.02 Å². The summed E-state index contributed by atoms with van der Waals surface area (Å²) in [6.07, 6.45) is 4.86. The van der Waals surface area contributed by atoms with Crippen LogP contribution in [0.5, 0.6) is 0 Å². The van der Waals surface area contributed by atoms with E-state index in [4.69, 9.17) is 16.6 Å². The van der Waals surface area contributed by atoms with Gasteiger partial charge in [0.05, 0.1) is 21.8 Å². The highest BCUT2D eigenvalue weighted by Gasteiger charge is 2.15. The van der Waals surface area contributed by atoms with Crippen LogP contribution in [0.3, 0.4) is 0 Å². The van der Waals surface area contributed by atoms with E-state index in [1.807, 2.05) is 24.3 Å². The molecule has 0 saturated carbocycles. The number of rotatable bonds is 7. The van der Waals surface area contributed by atoms with E-state index in [2.05, 4.69) is 43.4 Å². The van der Waals surface area contributed by atoms with Gasteiger partial charge in [-0.3, -0.25) is 4.79 Å². The predicted octanol–water partition coefficient (Wildman–Crippen LogP) is 6.27. The first-order valence-electron chi connectivity index (χ1n) is 10.1. The molecule has 1 amide bonds. The zero-order valence-corrected chi connectivity index (χ0v) is 17.8. The summed E-state index contributed by atoms with van der Waals surface area (Å²) in [7, 11) is 0. The molecule has 0 aliphatic rings. The van der Waals surface area contributed by atoms with Crippen LogP contribution in [-0.2, 0) is 6.42 Å². The Labute approximate surface area is 177 Å². The fourth-order valence-electron chi connectivity index (χ4n) is 3.27. The van der Waals surface area contributed by atoms with Crippen LogP contribution in [0.1, 0.15) is 49.5 Å². The zero-order valence-electron chi connectivity index (χ0n) is 17.1. The first-order valence-corrected chi connectivity index (χ1v) is 10.4. The fourth-order valence-corrected chi connectivity index (χ4v) is 3.49. The number of carbonyl (C=O) groups excluding carboxylic acids is 1. The van der Waals surface area contributed by atoms with Gasteiger partial charge in [0.25, 0.3) is 5.91 Å². The van der Waals surface area contributed by atoms with Crippen LogP contribution < -0.4 is 5.43 Å². The monoisotopic (exact) mass is 407 g/mol. The molecule has 5 heteroatoms. The summed E-state index contributed by atoms with van der Waals surface area (Å²) in [6, 6.07) is 15.5. The topological polar surface area (TPSA) is 54.4 Å². The Morgan fingerprint density at radius 2 is 1.97 bits per heavy atom. The van der Waals surface area contributed by atoms with Crippen LogP contribution in [0.4, 0.5) is 0 Å². The van der Waals surface area contributed by atoms with Crippen molar-refractivity contribution in [2.45, 2.75) is 40.0 Å². The number of benzene rings is 2. The number of hydrogen-bond acceptors (Lipinski definition) is 3. The molecule has 3 rings (SSSR count). The number of hydrogen-bond donors (Lipinski definition) is 1. The molecular formula is C24H26ClN3O. The number of aryl methyl sites for hydroxylation is 1. The molecule has 0 bridgehead atoms. The van der Waals surface area contributed by atoms with Crippen molar-refractivity contribution >= 4 is 34.6 Å². The van der Waals surface area contributed by atoms with Gasteiger partial charge in [-0.25, -0.2) is 10.4 Å². The van der Waals surface area contributed by atoms with Crippen LogP contribution >= 0.6 is 11.6 Å². The molecule has 0 saturated heterocycles. The fraction of sp³-hybridized carbons (Fsp3) is 0.292. The lowest BCUT2D eigenvalue weighted by molar-refractivity contribution is 0.0956. The lowest BCUT2D eigenvalue weighted by atomic mass is 10.0. The van der Waals surface area contributed by atoms with Crippen molar-refractivity contribution < 1.29 is 4.79 Å². The maximum atomic E-state index is 12.9. The third-order valence-corrected chi connectivity index (χ3v) is 5.24. The molecule has 1 aromatic heterocycles. The molecular weight excluding hydrogens is 382 g/mol. The standard InChI is InChI=1S/C24H26ClN3O/c1-4-7-16(3)15-26-28-24(29)20-14-22(18-12-10-17(5-2)11-13-18)27-23-19(20)8-6-9-21(23)25/h6,8-16H,4-5,7H2,1-3H3,(H,28,29). The van der Waals surface area contributed by atoms with Crippen molar-refractivity contribution in [1.82, 2.24) is 10.4 Å². The Morgan fingerprint density at radius 1 is 1.21 bits per heavy atom. The second kappa shape index (κ2) is 9.66. The number of halogens is 1. The highest BCUT2D eigenvalue weighted by Crippen LogP contribution is 2.29. The van der Waals surface area contributed by atoms with Crippen LogP contribution in [0.25, 0.3) is 22.2 Å². The number of aromatic nitrogens is 1. The molecule has 150 valence electrons. The average Bonchev–Trinajstić information content (AvgIpc) is 2.73. The van der Waals surface area contributed by atoms with Gasteiger partial charge in [-0.05, 0) is 36.5 Å². The summed E-state index contributed by atoms with van der Waals surface area (Å²) < 4.78 is 0. The molecule has 4 nitrogen and oxygen atoms in total. The quantitative estimate of drug-likeness (QED) is 0.370. The third-order valence-electron chi connectivity index (χ3n) is 4.93. The summed E-state index contributed by atoms with van der Waals surface area (Å²) in [5, 5.41) is 5.37. The van der Waals surface area contributed by atoms with E-state index in [0.717, 1.165) is 24.8 Å². The minimum atomic E-state index is -0.272. The van der Waals surface area contributed by atoms with Crippen LogP contribution in [0, 0.1) is 5.92 Å². The van der Waals surface area contributed by atoms with Gasteiger partial charge >= 0.3 is 0 Å². The summed E-state index contributed by atoms with van der Waals surface area (Å²) in [5.74, 6) is 0.0441. The van der Waals surface area contributed by atoms with E-state index in [0.29, 0.717) is 33.1 Å². The number of carbonyl (C=O) groups is 1. The number of amides is 1. The zero-order chi connectivity index (χ0) is 20.8. The predicted molar refractivity (Wildman–Crippen MR) is 122 cm³/mol. The molecule has 29 heavy (non-hydrogen) atoms. The minimum absolute atomic E-state index is 0.272. The van der Waals surface area contributed by atoms with Crippen molar-refractivity contribution in [2.75, 3.05) is 0 Å². The van der Waals surface area contributed by atoms with Crippen LogP contribution in [-0.4, -0.2) is 17.1 Å². The first-order chi connectivity index (χ1) is 14.0. The van der Waals surface area contributed by atoms with Crippen molar-refractivity contribution in [2.24, 2.45) is 11.0 Å². The van der Waals surface area contributed by atoms with Crippen molar-refractivity contribution in [3.8, 4) is 11.3 Å². The highest BCUT2D eigenvalue weighted by atomic mass is 35.5. The number of fused-ring (bicyclic) bond motifs is 1. The van der Waals surface area contributed by atoms with Crippen molar-refractivity contribution in [1.29, 1.82) is 0 Å². The van der Waals surface area contributed by atoms with Gasteiger partial charge in [0.2, 0.25) is 0 Å². The maximum absolute atomic E-state index is 12.9. The maximum Gasteiger partial charge on any atom is 0.272 e. The second-order valence-electron chi connectivity index (χ2n) is 7.23. The number of nitrogens with one attached hydrogen (secondary N) is 1. The van der Waals surface area contributed by atoms with Gasteiger partial charge < -0.3 is 0 Å². The lowest BCUT2D eigenvalue weighted by Gasteiger charge is -2.11. The van der Waals surface area contributed by atoms with Gasteiger partial charge in [0.15, 0.2) is 0 Å². The molecule has 1 unspecified atom stereocenters. The minimum Gasteiger partial charge on any atom is -0.267 e. The lowest BCUT2D eigenvalue weighted by Crippen LogP contribution is -2.19. The Hall–Kier alpha value is -2.72. The smallest absolute Gasteiger partial charge is 0.267 e.